The van der Waals surface area contributed by atoms with Gasteiger partial charge in [-0.3, -0.25) is 9.69 Å². The van der Waals surface area contributed by atoms with Gasteiger partial charge in [0.2, 0.25) is 5.75 Å². The predicted molar refractivity (Wildman–Crippen MR) is 134 cm³/mol. The topological polar surface area (TPSA) is 78.7 Å². The number of imidazole rings is 1. The third-order valence-electron chi connectivity index (χ3n) is 5.36. The molecular weight excluding hydrogens is 490 g/mol. The minimum Gasteiger partial charge on any atom is -0.493 e. The molecule has 2 aromatic carbocycles. The van der Waals surface area contributed by atoms with Crippen LogP contribution in [-0.2, 0) is 11.3 Å². The van der Waals surface area contributed by atoms with Crippen LogP contribution in [0.15, 0.2) is 49.1 Å². The van der Waals surface area contributed by atoms with Crippen molar-refractivity contribution in [3.63, 3.8) is 0 Å². The molecule has 4 aromatic rings. The van der Waals surface area contributed by atoms with Gasteiger partial charge >= 0.3 is 0 Å². The van der Waals surface area contributed by atoms with E-state index in [1.807, 2.05) is 10.8 Å². The van der Waals surface area contributed by atoms with Gasteiger partial charge in [0.15, 0.2) is 22.4 Å². The number of nitrogens with zero attached hydrogens (tertiary/aromatic N) is 4. The Hall–Kier alpha value is -3.99. The number of methoxy groups -OCH3 is 3. The molecule has 2 aromatic heterocycles. The fourth-order valence-electron chi connectivity index (χ4n) is 3.65. The van der Waals surface area contributed by atoms with Gasteiger partial charge in [-0.1, -0.05) is 11.3 Å². The average Bonchev–Trinajstić information content (AvgIpc) is 3.54. The number of rotatable bonds is 10. The lowest BCUT2D eigenvalue weighted by Crippen LogP contribution is -2.30. The van der Waals surface area contributed by atoms with E-state index < -0.39 is 11.6 Å². The number of benzene rings is 2. The van der Waals surface area contributed by atoms with Crippen LogP contribution < -0.4 is 19.1 Å². The molecule has 0 saturated carbocycles. The van der Waals surface area contributed by atoms with Gasteiger partial charge in [0.05, 0.1) is 32.4 Å². The van der Waals surface area contributed by atoms with Crippen LogP contribution in [0.25, 0.3) is 16.3 Å². The Bertz CT molecular complexity index is 1360. The van der Waals surface area contributed by atoms with Crippen LogP contribution in [-0.4, -0.2) is 48.3 Å². The molecule has 11 heteroatoms. The zero-order chi connectivity index (χ0) is 25.7. The Kier molecular flexibility index (Phi) is 7.79. The minimum absolute atomic E-state index is 0.0254. The van der Waals surface area contributed by atoms with Gasteiger partial charge in [-0.25, -0.2) is 18.7 Å². The minimum atomic E-state index is -0.772. The first-order valence-corrected chi connectivity index (χ1v) is 11.8. The van der Waals surface area contributed by atoms with E-state index in [0.29, 0.717) is 47.0 Å². The van der Waals surface area contributed by atoms with E-state index in [9.17, 15) is 13.6 Å². The molecular formula is C25H24F2N4O4S. The highest BCUT2D eigenvalue weighted by atomic mass is 32.1. The molecule has 0 aliphatic carbocycles. The standard InChI is InChI=1S/C25H24F2N4O4S/c1-33-19-11-16(12-20(34-2)24(19)35-3)5-6-22(32)31(9-4-8-30-10-7-28-15-30)25-29-23-18(27)13-17(26)14-21(23)36-25/h5-7,10-15H,4,8-9H2,1-3H3/b6-5+. The molecule has 0 N–H and O–H groups in total. The summed E-state index contributed by atoms with van der Waals surface area (Å²) in [6, 6.07) is 5.41. The molecule has 0 atom stereocenters. The first-order valence-electron chi connectivity index (χ1n) is 10.9. The number of amides is 1. The van der Waals surface area contributed by atoms with Crippen LogP contribution >= 0.6 is 11.3 Å². The molecule has 1 amide bonds. The van der Waals surface area contributed by atoms with Gasteiger partial charge in [0.25, 0.3) is 5.91 Å². The molecule has 0 radical (unpaired) electrons. The number of ether oxygens (including phenoxy) is 3. The molecule has 0 unspecified atom stereocenters. The zero-order valence-corrected chi connectivity index (χ0v) is 20.7. The summed E-state index contributed by atoms with van der Waals surface area (Å²) in [5.74, 6) is -0.501. The Morgan fingerprint density at radius 2 is 1.86 bits per heavy atom. The number of carbonyl (C=O) groups is 1. The van der Waals surface area contributed by atoms with Crippen LogP contribution in [0.1, 0.15) is 12.0 Å². The molecule has 0 fully saturated rings. The van der Waals surface area contributed by atoms with Crippen molar-refractivity contribution >= 4 is 38.7 Å². The number of hydrogen-bond donors (Lipinski definition) is 0. The molecule has 0 aliphatic heterocycles. The van der Waals surface area contributed by atoms with E-state index in [4.69, 9.17) is 14.2 Å². The fraction of sp³-hybridized carbons (Fsp3) is 0.240. The molecule has 4 rings (SSSR count). The number of carbonyl (C=O) groups excluding carboxylic acids is 1. The summed E-state index contributed by atoms with van der Waals surface area (Å²) < 4.78 is 46.3. The first-order chi connectivity index (χ1) is 17.4. The lowest BCUT2D eigenvalue weighted by molar-refractivity contribution is -0.114. The third-order valence-corrected chi connectivity index (χ3v) is 6.39. The summed E-state index contributed by atoms with van der Waals surface area (Å²) in [6.45, 7) is 0.925. The maximum absolute atomic E-state index is 14.3. The monoisotopic (exact) mass is 514 g/mol. The van der Waals surface area contributed by atoms with Gasteiger partial charge in [-0.15, -0.1) is 0 Å². The summed E-state index contributed by atoms with van der Waals surface area (Å²) in [7, 11) is 4.52. The molecule has 0 spiro atoms. The zero-order valence-electron chi connectivity index (χ0n) is 19.9. The van der Waals surface area contributed by atoms with Crippen LogP contribution in [0.3, 0.4) is 0 Å². The number of hydrogen-bond acceptors (Lipinski definition) is 7. The van der Waals surface area contributed by atoms with Crippen molar-refractivity contribution in [3.8, 4) is 17.2 Å². The molecule has 8 nitrogen and oxygen atoms in total. The van der Waals surface area contributed by atoms with Gasteiger partial charge in [-0.2, -0.15) is 0 Å². The summed E-state index contributed by atoms with van der Waals surface area (Å²) in [6.07, 6.45) is 8.78. The normalized spacial score (nSPS) is 11.2. The number of thiazole rings is 1. The maximum Gasteiger partial charge on any atom is 0.252 e. The third kappa shape index (κ3) is 5.46. The van der Waals surface area contributed by atoms with E-state index in [1.165, 1.54) is 38.4 Å². The van der Waals surface area contributed by atoms with Crippen molar-refractivity contribution in [2.75, 3.05) is 32.8 Å². The van der Waals surface area contributed by atoms with Crippen LogP contribution in [0.5, 0.6) is 17.2 Å². The fourth-order valence-corrected chi connectivity index (χ4v) is 4.68. The van der Waals surface area contributed by atoms with Crippen LogP contribution in [0.4, 0.5) is 13.9 Å². The Balaban J connectivity index is 1.63. The number of fused-ring (bicyclic) bond motifs is 1. The van der Waals surface area contributed by atoms with E-state index in [1.54, 1.807) is 30.7 Å². The van der Waals surface area contributed by atoms with Gasteiger partial charge in [0, 0.05) is 37.6 Å². The van der Waals surface area contributed by atoms with E-state index in [2.05, 4.69) is 9.97 Å². The SMILES string of the molecule is COc1cc(/C=C/C(=O)N(CCCn2ccnc2)c2nc3c(F)cc(F)cc3s2)cc(OC)c1OC. The Morgan fingerprint density at radius 3 is 2.50 bits per heavy atom. The number of anilines is 1. The quantitative estimate of drug-likeness (QED) is 0.279. The molecule has 2 heterocycles. The van der Waals surface area contributed by atoms with Crippen molar-refractivity contribution in [2.45, 2.75) is 13.0 Å². The number of halogens is 2. The lowest BCUT2D eigenvalue weighted by atomic mass is 10.1. The Labute approximate surface area is 210 Å². The van der Waals surface area contributed by atoms with Crippen molar-refractivity contribution in [1.29, 1.82) is 0 Å². The molecule has 36 heavy (non-hydrogen) atoms. The molecule has 0 aliphatic rings. The highest BCUT2D eigenvalue weighted by Gasteiger charge is 2.20. The summed E-state index contributed by atoms with van der Waals surface area (Å²) in [5.41, 5.74) is 0.672. The molecule has 0 bridgehead atoms. The number of aromatic nitrogens is 3. The maximum atomic E-state index is 14.3. The highest BCUT2D eigenvalue weighted by Crippen LogP contribution is 2.38. The van der Waals surface area contributed by atoms with E-state index in [-0.39, 0.29) is 16.6 Å². The largest absolute Gasteiger partial charge is 0.493 e. The predicted octanol–water partition coefficient (Wildman–Crippen LogP) is 4.93. The van der Waals surface area contributed by atoms with E-state index >= 15 is 0 Å². The van der Waals surface area contributed by atoms with E-state index in [0.717, 1.165) is 17.4 Å². The van der Waals surface area contributed by atoms with Crippen molar-refractivity contribution in [3.05, 3.63) is 66.3 Å². The smallest absolute Gasteiger partial charge is 0.252 e. The van der Waals surface area contributed by atoms with Crippen molar-refractivity contribution in [1.82, 2.24) is 14.5 Å². The lowest BCUT2D eigenvalue weighted by Gasteiger charge is -2.18. The number of aryl methyl sites for hydroxylation is 1. The first kappa shape index (κ1) is 25.1. The van der Waals surface area contributed by atoms with Crippen LogP contribution in [0, 0.1) is 11.6 Å². The van der Waals surface area contributed by atoms with Crippen LogP contribution in [0.2, 0.25) is 0 Å². The molecule has 0 saturated heterocycles. The average molecular weight is 515 g/mol. The van der Waals surface area contributed by atoms with Crippen molar-refractivity contribution < 1.29 is 27.8 Å². The Morgan fingerprint density at radius 1 is 1.11 bits per heavy atom. The van der Waals surface area contributed by atoms with Gasteiger partial charge < -0.3 is 18.8 Å². The molecule has 188 valence electrons. The second-order valence-electron chi connectivity index (χ2n) is 7.67. The van der Waals surface area contributed by atoms with Gasteiger partial charge in [0.1, 0.15) is 11.3 Å². The highest BCUT2D eigenvalue weighted by molar-refractivity contribution is 7.22. The second-order valence-corrected chi connectivity index (χ2v) is 8.68. The second kappa shape index (κ2) is 11.2. The summed E-state index contributed by atoms with van der Waals surface area (Å²) in [4.78, 5) is 23.1. The summed E-state index contributed by atoms with van der Waals surface area (Å²) in [5, 5.41) is 0.277. The van der Waals surface area contributed by atoms with Gasteiger partial charge in [-0.05, 0) is 36.3 Å². The summed E-state index contributed by atoms with van der Waals surface area (Å²) >= 11 is 1.05. The van der Waals surface area contributed by atoms with Crippen molar-refractivity contribution in [2.24, 2.45) is 0 Å².